The van der Waals surface area contributed by atoms with Crippen LogP contribution < -0.4 is 4.90 Å². The highest BCUT2D eigenvalue weighted by Crippen LogP contribution is 2.40. The number of hydrogen-bond acceptors (Lipinski definition) is 5. The van der Waals surface area contributed by atoms with Gasteiger partial charge in [0.2, 0.25) is 0 Å². The molecular formula is C21H25NO5. The van der Waals surface area contributed by atoms with Gasteiger partial charge < -0.3 is 9.47 Å². The highest BCUT2D eigenvalue weighted by Gasteiger charge is 2.48. The molecule has 0 saturated carbocycles. The fourth-order valence-electron chi connectivity index (χ4n) is 3.74. The third-order valence-corrected chi connectivity index (χ3v) is 5.24. The van der Waals surface area contributed by atoms with E-state index in [1.165, 1.54) is 12.2 Å². The van der Waals surface area contributed by atoms with E-state index in [1.807, 2.05) is 0 Å². The molecule has 0 spiro atoms. The fourth-order valence-corrected chi connectivity index (χ4v) is 3.74. The first-order chi connectivity index (χ1) is 13.0. The maximum atomic E-state index is 12.4. The fraction of sp³-hybridized carbons (Fsp3) is 0.476. The number of carbonyl (C=O) groups excluding carboxylic acids is 3. The molecule has 2 amide bonds. The molecule has 1 aromatic carbocycles. The van der Waals surface area contributed by atoms with E-state index in [9.17, 15) is 14.4 Å². The van der Waals surface area contributed by atoms with Gasteiger partial charge in [-0.25, -0.2) is 9.69 Å². The van der Waals surface area contributed by atoms with Crippen molar-refractivity contribution in [3.8, 4) is 0 Å². The zero-order chi connectivity index (χ0) is 19.4. The smallest absolute Gasteiger partial charge is 0.338 e. The van der Waals surface area contributed by atoms with Crippen molar-refractivity contribution in [3.63, 3.8) is 0 Å². The molecule has 0 N–H and O–H groups in total. The van der Waals surface area contributed by atoms with Crippen LogP contribution in [0, 0.1) is 5.92 Å². The summed E-state index contributed by atoms with van der Waals surface area (Å²) in [6.45, 7) is 5.22. The molecule has 1 fully saturated rings. The molecule has 3 rings (SSSR count). The van der Waals surface area contributed by atoms with E-state index in [-0.39, 0.29) is 24.0 Å². The van der Waals surface area contributed by atoms with E-state index < -0.39 is 5.97 Å². The Kier molecular flexibility index (Phi) is 5.75. The third kappa shape index (κ3) is 3.81. The van der Waals surface area contributed by atoms with Gasteiger partial charge in [0, 0.05) is 18.1 Å². The molecule has 2 aliphatic rings. The van der Waals surface area contributed by atoms with Gasteiger partial charge in [-0.3, -0.25) is 9.59 Å². The monoisotopic (exact) mass is 371 g/mol. The molecule has 0 aliphatic carbocycles. The molecule has 2 heterocycles. The highest BCUT2D eigenvalue weighted by molar-refractivity contribution is 6.28. The minimum Gasteiger partial charge on any atom is -0.459 e. The number of hydrogen-bond donors (Lipinski definition) is 0. The molecule has 0 aromatic heterocycles. The van der Waals surface area contributed by atoms with Gasteiger partial charge in [0.25, 0.3) is 11.8 Å². The Labute approximate surface area is 159 Å². The summed E-state index contributed by atoms with van der Waals surface area (Å²) < 4.78 is 11.4. The largest absolute Gasteiger partial charge is 0.459 e. The third-order valence-electron chi connectivity index (χ3n) is 5.24. The molecule has 1 saturated heterocycles. The van der Waals surface area contributed by atoms with Crippen LogP contribution in [0.1, 0.15) is 49.9 Å². The maximum absolute atomic E-state index is 12.4. The van der Waals surface area contributed by atoms with E-state index in [0.717, 1.165) is 37.2 Å². The number of esters is 1. The lowest BCUT2D eigenvalue weighted by atomic mass is 9.77. The van der Waals surface area contributed by atoms with Gasteiger partial charge in [-0.15, -0.1) is 0 Å². The second kappa shape index (κ2) is 8.05. The standard InChI is InChI=1S/C21H25NO5/c1-3-5-16-13-27-21(16,12-4-2)14-26-20(25)15-6-8-17(9-7-15)22-18(23)10-11-19(22)24/h6-11,16H,3-5,12-14H2,1-2H3. The first-order valence-electron chi connectivity index (χ1n) is 9.48. The first-order valence-corrected chi connectivity index (χ1v) is 9.48. The Balaban J connectivity index is 1.62. The molecule has 0 bridgehead atoms. The summed E-state index contributed by atoms with van der Waals surface area (Å²) >= 11 is 0. The van der Waals surface area contributed by atoms with Crippen molar-refractivity contribution < 1.29 is 23.9 Å². The maximum Gasteiger partial charge on any atom is 0.338 e. The summed E-state index contributed by atoms with van der Waals surface area (Å²) in [7, 11) is 0. The number of benzene rings is 1. The lowest BCUT2D eigenvalue weighted by Crippen LogP contribution is -2.56. The summed E-state index contributed by atoms with van der Waals surface area (Å²) in [4.78, 5) is 36.9. The van der Waals surface area contributed by atoms with Crippen LogP contribution in [0.5, 0.6) is 0 Å². The summed E-state index contributed by atoms with van der Waals surface area (Å²) in [6, 6.07) is 6.27. The number of ether oxygens (including phenoxy) is 2. The van der Waals surface area contributed by atoms with Crippen LogP contribution in [0.3, 0.4) is 0 Å². The zero-order valence-electron chi connectivity index (χ0n) is 15.8. The van der Waals surface area contributed by atoms with Crippen LogP contribution in [0.25, 0.3) is 0 Å². The van der Waals surface area contributed by atoms with Crippen LogP contribution in [-0.4, -0.2) is 36.6 Å². The number of imide groups is 1. The van der Waals surface area contributed by atoms with Crippen molar-refractivity contribution in [1.82, 2.24) is 0 Å². The summed E-state index contributed by atoms with van der Waals surface area (Å²) in [5, 5.41) is 0. The second-order valence-corrected chi connectivity index (χ2v) is 7.08. The van der Waals surface area contributed by atoms with Crippen LogP contribution in [0.4, 0.5) is 5.69 Å². The number of rotatable bonds is 8. The molecule has 2 unspecified atom stereocenters. The lowest BCUT2D eigenvalue weighted by molar-refractivity contribution is -0.228. The molecule has 0 radical (unpaired) electrons. The van der Waals surface area contributed by atoms with E-state index in [0.29, 0.717) is 17.2 Å². The topological polar surface area (TPSA) is 72.9 Å². The van der Waals surface area contributed by atoms with Crippen LogP contribution in [-0.2, 0) is 19.1 Å². The van der Waals surface area contributed by atoms with Gasteiger partial charge >= 0.3 is 5.97 Å². The Hall–Kier alpha value is -2.47. The number of anilines is 1. The van der Waals surface area contributed by atoms with Crippen LogP contribution >= 0.6 is 0 Å². The molecule has 27 heavy (non-hydrogen) atoms. The van der Waals surface area contributed by atoms with Crippen molar-refractivity contribution in [2.75, 3.05) is 18.1 Å². The normalized spacial score (nSPS) is 24.2. The van der Waals surface area contributed by atoms with Crippen molar-refractivity contribution >= 4 is 23.5 Å². The van der Waals surface area contributed by atoms with Crippen LogP contribution in [0.2, 0.25) is 0 Å². The predicted octanol–water partition coefficient (Wildman–Crippen LogP) is 3.26. The molecule has 6 nitrogen and oxygen atoms in total. The molecule has 144 valence electrons. The molecule has 2 atom stereocenters. The van der Waals surface area contributed by atoms with Gasteiger partial charge in [0.1, 0.15) is 12.2 Å². The predicted molar refractivity (Wildman–Crippen MR) is 100 cm³/mol. The van der Waals surface area contributed by atoms with Crippen molar-refractivity contribution in [3.05, 3.63) is 42.0 Å². The molecule has 2 aliphatic heterocycles. The van der Waals surface area contributed by atoms with Crippen molar-refractivity contribution in [2.45, 2.75) is 45.1 Å². The molecular weight excluding hydrogens is 346 g/mol. The SMILES string of the molecule is CCCC1COC1(CCC)COC(=O)c1ccc(N2C(=O)C=CC2=O)cc1. The Bertz CT molecular complexity index is 736. The summed E-state index contributed by atoms with van der Waals surface area (Å²) in [5.74, 6) is -0.779. The Morgan fingerprint density at radius 3 is 2.33 bits per heavy atom. The van der Waals surface area contributed by atoms with Gasteiger partial charge in [-0.1, -0.05) is 26.7 Å². The van der Waals surface area contributed by atoms with Gasteiger partial charge in [-0.05, 0) is 37.1 Å². The van der Waals surface area contributed by atoms with Gasteiger partial charge in [0.15, 0.2) is 0 Å². The minimum absolute atomic E-state index is 0.249. The highest BCUT2D eigenvalue weighted by atomic mass is 16.6. The van der Waals surface area contributed by atoms with E-state index >= 15 is 0 Å². The quantitative estimate of drug-likeness (QED) is 0.518. The van der Waals surface area contributed by atoms with Gasteiger partial charge in [-0.2, -0.15) is 0 Å². The number of nitrogens with zero attached hydrogens (tertiary/aromatic N) is 1. The number of amides is 2. The Morgan fingerprint density at radius 1 is 1.15 bits per heavy atom. The van der Waals surface area contributed by atoms with E-state index in [4.69, 9.17) is 9.47 Å². The zero-order valence-corrected chi connectivity index (χ0v) is 15.8. The van der Waals surface area contributed by atoms with Crippen molar-refractivity contribution in [1.29, 1.82) is 0 Å². The van der Waals surface area contributed by atoms with Gasteiger partial charge in [0.05, 0.1) is 17.9 Å². The van der Waals surface area contributed by atoms with Crippen LogP contribution in [0.15, 0.2) is 36.4 Å². The average molecular weight is 371 g/mol. The average Bonchev–Trinajstić information content (AvgIpc) is 3.00. The van der Waals surface area contributed by atoms with E-state index in [2.05, 4.69) is 13.8 Å². The Morgan fingerprint density at radius 2 is 1.81 bits per heavy atom. The molecule has 1 aromatic rings. The van der Waals surface area contributed by atoms with Crippen molar-refractivity contribution in [2.24, 2.45) is 5.92 Å². The first kappa shape index (κ1) is 19.3. The van der Waals surface area contributed by atoms with E-state index in [1.54, 1.807) is 24.3 Å². The summed E-state index contributed by atoms with van der Waals surface area (Å²) in [5.41, 5.74) is 0.448. The lowest BCUT2D eigenvalue weighted by Gasteiger charge is -2.49. The molecule has 6 heteroatoms. The second-order valence-electron chi connectivity index (χ2n) is 7.08. The number of carbonyl (C=O) groups is 3. The summed E-state index contributed by atoms with van der Waals surface area (Å²) in [6.07, 6.45) is 6.44. The minimum atomic E-state index is -0.431.